The number of halogens is 2. The molecule has 0 aliphatic rings. The van der Waals surface area contributed by atoms with Gasteiger partial charge in [-0.3, -0.25) is 9.59 Å². The Morgan fingerprint density at radius 3 is 1.31 bits per heavy atom. The predicted molar refractivity (Wildman–Crippen MR) is 120 cm³/mol. The van der Waals surface area contributed by atoms with Gasteiger partial charge in [-0.1, -0.05) is 31.9 Å². The molecule has 0 saturated heterocycles. The van der Waals surface area contributed by atoms with E-state index in [9.17, 15) is 19.2 Å². The van der Waals surface area contributed by atoms with Crippen LogP contribution in [0.4, 0.5) is 0 Å². The highest BCUT2D eigenvalue weighted by atomic mass is 79.9. The van der Waals surface area contributed by atoms with Crippen LogP contribution in [0, 0.1) is 0 Å². The number of esters is 4. The first-order valence-electron chi connectivity index (χ1n) is 9.26. The molecule has 0 saturated carbocycles. The molecule has 168 valence electrons. The summed E-state index contributed by atoms with van der Waals surface area (Å²) in [6, 6.07) is 13.3. The predicted octanol–water partition coefficient (Wildman–Crippen LogP) is 4.15. The van der Waals surface area contributed by atoms with Crippen molar-refractivity contribution in [2.75, 3.05) is 13.2 Å². The minimum atomic E-state index is -0.826. The molecule has 0 bridgehead atoms. The molecule has 8 nitrogen and oxygen atoms in total. The van der Waals surface area contributed by atoms with Crippen LogP contribution >= 0.6 is 31.9 Å². The lowest BCUT2D eigenvalue weighted by Crippen LogP contribution is -2.14. The Kier molecular flexibility index (Phi) is 10.6. The van der Waals surface area contributed by atoms with Crippen molar-refractivity contribution >= 4 is 55.7 Å². The van der Waals surface area contributed by atoms with E-state index in [0.29, 0.717) is 11.5 Å². The number of rotatable bonds is 10. The van der Waals surface area contributed by atoms with Gasteiger partial charge in [0, 0.05) is 21.1 Å². The van der Waals surface area contributed by atoms with Crippen molar-refractivity contribution < 1.29 is 38.1 Å². The molecule has 0 amide bonds. The minimum Gasteiger partial charge on any atom is -0.462 e. The molecule has 0 spiro atoms. The van der Waals surface area contributed by atoms with Crippen molar-refractivity contribution in [1.82, 2.24) is 0 Å². The number of carbonyl (C=O) groups excluding carboxylic acids is 4. The average molecular weight is 570 g/mol. The van der Waals surface area contributed by atoms with Gasteiger partial charge in [0.05, 0.1) is 12.8 Å². The van der Waals surface area contributed by atoms with Gasteiger partial charge in [-0.05, 0) is 48.5 Å². The fourth-order valence-corrected chi connectivity index (χ4v) is 2.60. The summed E-state index contributed by atoms with van der Waals surface area (Å²) in [4.78, 5) is 46.5. The Hall–Kier alpha value is -2.98. The van der Waals surface area contributed by atoms with E-state index in [1.807, 2.05) is 0 Å². The molecule has 0 aliphatic heterocycles. The summed E-state index contributed by atoms with van der Waals surface area (Å²) in [5, 5.41) is 0. The summed E-state index contributed by atoms with van der Waals surface area (Å²) in [5.74, 6) is -2.06. The molecule has 0 N–H and O–H groups in total. The normalized spacial score (nSPS) is 10.4. The SMILES string of the molecule is O=C(/C=C\C(=O)OCCC(=O)Oc1ccc(Br)cc1)OCCC(=O)Oc1ccc(Br)cc1. The maximum absolute atomic E-state index is 11.7. The number of carbonyl (C=O) groups is 4. The second-order valence-electron chi connectivity index (χ2n) is 6.02. The first-order valence-corrected chi connectivity index (χ1v) is 10.8. The smallest absolute Gasteiger partial charge is 0.331 e. The fourth-order valence-electron chi connectivity index (χ4n) is 2.07. The molecule has 2 aromatic carbocycles. The van der Waals surface area contributed by atoms with E-state index in [2.05, 4.69) is 31.9 Å². The van der Waals surface area contributed by atoms with Crippen LogP contribution in [0.3, 0.4) is 0 Å². The van der Waals surface area contributed by atoms with E-state index in [1.54, 1.807) is 48.5 Å². The van der Waals surface area contributed by atoms with Crippen molar-refractivity contribution in [3.05, 3.63) is 69.6 Å². The lowest BCUT2D eigenvalue weighted by molar-refractivity contribution is -0.144. The number of hydrogen-bond donors (Lipinski definition) is 0. The summed E-state index contributed by atoms with van der Waals surface area (Å²) in [6.45, 7) is -0.426. The largest absolute Gasteiger partial charge is 0.462 e. The van der Waals surface area contributed by atoms with E-state index in [4.69, 9.17) is 18.9 Å². The van der Waals surface area contributed by atoms with E-state index in [0.717, 1.165) is 21.1 Å². The summed E-state index contributed by atoms with van der Waals surface area (Å²) >= 11 is 6.54. The summed E-state index contributed by atoms with van der Waals surface area (Å²) in [6.07, 6.45) is 1.42. The van der Waals surface area contributed by atoms with E-state index in [1.165, 1.54) is 0 Å². The Morgan fingerprint density at radius 2 is 0.969 bits per heavy atom. The van der Waals surface area contributed by atoms with Crippen LogP contribution in [-0.4, -0.2) is 37.1 Å². The number of hydrogen-bond acceptors (Lipinski definition) is 8. The number of benzene rings is 2. The molecule has 0 fully saturated rings. The van der Waals surface area contributed by atoms with Gasteiger partial charge in [0.15, 0.2) is 0 Å². The third-order valence-electron chi connectivity index (χ3n) is 3.55. The Bertz CT molecular complexity index is 889. The maximum Gasteiger partial charge on any atom is 0.331 e. The fraction of sp³-hybridized carbons (Fsp3) is 0.182. The molecule has 0 unspecified atom stereocenters. The molecule has 0 radical (unpaired) electrons. The third-order valence-corrected chi connectivity index (χ3v) is 4.60. The van der Waals surface area contributed by atoms with Gasteiger partial charge in [0.25, 0.3) is 0 Å². The van der Waals surface area contributed by atoms with Gasteiger partial charge in [0.2, 0.25) is 0 Å². The van der Waals surface area contributed by atoms with Gasteiger partial charge in [-0.15, -0.1) is 0 Å². The second kappa shape index (κ2) is 13.4. The van der Waals surface area contributed by atoms with Crippen molar-refractivity contribution in [2.45, 2.75) is 12.8 Å². The standard InChI is InChI=1S/C22H18Br2O8/c23-15-1-5-17(6-2-15)31-21(27)11-13-29-19(25)9-10-20(26)30-14-12-22(28)32-18-7-3-16(24)4-8-18/h1-10H,11-14H2/b10-9-. The minimum absolute atomic E-state index is 0.152. The molecule has 0 atom stereocenters. The summed E-state index contributed by atoms with van der Waals surface area (Å²) < 4.78 is 21.5. The lowest BCUT2D eigenvalue weighted by Gasteiger charge is -2.05. The number of ether oxygens (including phenoxy) is 4. The van der Waals surface area contributed by atoms with Gasteiger partial charge < -0.3 is 18.9 Å². The highest BCUT2D eigenvalue weighted by Crippen LogP contribution is 2.17. The average Bonchev–Trinajstić information content (AvgIpc) is 2.75. The van der Waals surface area contributed by atoms with Crippen LogP contribution in [0.25, 0.3) is 0 Å². The van der Waals surface area contributed by atoms with E-state index >= 15 is 0 Å². The molecule has 2 aromatic rings. The first-order chi connectivity index (χ1) is 15.3. The zero-order valence-corrected chi connectivity index (χ0v) is 19.8. The van der Waals surface area contributed by atoms with Crippen LogP contribution in [-0.2, 0) is 28.7 Å². The van der Waals surface area contributed by atoms with Crippen LogP contribution in [0.15, 0.2) is 69.6 Å². The van der Waals surface area contributed by atoms with Crippen molar-refractivity contribution in [3.8, 4) is 11.5 Å². The van der Waals surface area contributed by atoms with Crippen molar-refractivity contribution in [2.24, 2.45) is 0 Å². The lowest BCUT2D eigenvalue weighted by atomic mass is 10.3. The zero-order valence-electron chi connectivity index (χ0n) is 16.6. The summed E-state index contributed by atoms with van der Waals surface area (Å²) in [5.41, 5.74) is 0. The highest BCUT2D eigenvalue weighted by Gasteiger charge is 2.09. The third kappa shape index (κ3) is 10.4. The molecule has 2 rings (SSSR count). The Balaban J connectivity index is 1.58. The second-order valence-corrected chi connectivity index (χ2v) is 7.86. The van der Waals surface area contributed by atoms with Gasteiger partial charge >= 0.3 is 23.9 Å². The van der Waals surface area contributed by atoms with E-state index < -0.39 is 23.9 Å². The van der Waals surface area contributed by atoms with Crippen LogP contribution in [0.1, 0.15) is 12.8 Å². The summed E-state index contributed by atoms with van der Waals surface area (Å²) in [7, 11) is 0. The molecule has 0 aromatic heterocycles. The van der Waals surface area contributed by atoms with E-state index in [-0.39, 0.29) is 26.1 Å². The zero-order chi connectivity index (χ0) is 23.3. The Morgan fingerprint density at radius 1 is 0.625 bits per heavy atom. The Labute approximate surface area is 200 Å². The monoisotopic (exact) mass is 568 g/mol. The molecule has 32 heavy (non-hydrogen) atoms. The maximum atomic E-state index is 11.7. The van der Waals surface area contributed by atoms with Crippen molar-refractivity contribution in [1.29, 1.82) is 0 Å². The highest BCUT2D eigenvalue weighted by molar-refractivity contribution is 9.10. The molecule has 10 heteroatoms. The molecule has 0 heterocycles. The van der Waals surface area contributed by atoms with Crippen LogP contribution in [0.2, 0.25) is 0 Å². The van der Waals surface area contributed by atoms with Gasteiger partial charge in [-0.25, -0.2) is 9.59 Å². The molecular weight excluding hydrogens is 552 g/mol. The molecular formula is C22H18Br2O8. The first kappa shape index (κ1) is 25.3. The van der Waals surface area contributed by atoms with Gasteiger partial charge in [0.1, 0.15) is 24.7 Å². The van der Waals surface area contributed by atoms with Crippen LogP contribution in [0.5, 0.6) is 11.5 Å². The van der Waals surface area contributed by atoms with Gasteiger partial charge in [-0.2, -0.15) is 0 Å². The van der Waals surface area contributed by atoms with Crippen molar-refractivity contribution in [3.63, 3.8) is 0 Å². The van der Waals surface area contributed by atoms with Crippen LogP contribution < -0.4 is 9.47 Å². The quantitative estimate of drug-likeness (QED) is 0.239. The topological polar surface area (TPSA) is 105 Å². The molecule has 0 aliphatic carbocycles.